The molecule has 0 saturated heterocycles. The van der Waals surface area contributed by atoms with Crippen molar-refractivity contribution in [2.45, 2.75) is 5.41 Å². The van der Waals surface area contributed by atoms with Crippen molar-refractivity contribution in [3.8, 4) is 84.1 Å². The van der Waals surface area contributed by atoms with Gasteiger partial charge in [-0.2, -0.15) is 0 Å². The Bertz CT molecular complexity index is 3830. The van der Waals surface area contributed by atoms with E-state index in [-0.39, 0.29) is 0 Å². The molecule has 316 valence electrons. The summed E-state index contributed by atoms with van der Waals surface area (Å²) >= 11 is 0. The minimum absolute atomic E-state index is 0.641. The van der Waals surface area contributed by atoms with Crippen LogP contribution in [0, 0.1) is 0 Å². The topological polar surface area (TPSA) is 30.7 Å². The van der Waals surface area contributed by atoms with Crippen LogP contribution >= 0.6 is 0 Å². The maximum Gasteiger partial charge on any atom is 0.160 e. The van der Waals surface area contributed by atoms with E-state index in [4.69, 9.17) is 9.97 Å². The van der Waals surface area contributed by atoms with Gasteiger partial charge < -0.3 is 4.57 Å². The van der Waals surface area contributed by atoms with Crippen LogP contribution in [0.15, 0.2) is 249 Å². The molecule has 0 saturated carbocycles. The van der Waals surface area contributed by atoms with Crippen molar-refractivity contribution in [2.24, 2.45) is 0 Å². The summed E-state index contributed by atoms with van der Waals surface area (Å²) < 4.78 is 2.51. The van der Waals surface area contributed by atoms with Gasteiger partial charge in [-0.15, -0.1) is 0 Å². The molecule has 10 aromatic carbocycles. The normalized spacial score (nSPS) is 14.2. The fourth-order valence-corrected chi connectivity index (χ4v) is 11.5. The average Bonchev–Trinajstić information content (AvgIpc) is 3.92. The highest BCUT2D eigenvalue weighted by atomic mass is 15.0. The monoisotopic (exact) mass is 863 g/mol. The van der Waals surface area contributed by atoms with E-state index >= 15 is 0 Å². The van der Waals surface area contributed by atoms with E-state index in [9.17, 15) is 0 Å². The van der Waals surface area contributed by atoms with Crippen LogP contribution in [0.1, 0.15) is 22.3 Å². The van der Waals surface area contributed by atoms with Gasteiger partial charge in [0.25, 0.3) is 0 Å². The Morgan fingerprint density at radius 1 is 0.309 bits per heavy atom. The first kappa shape index (κ1) is 38.4. The zero-order valence-electron chi connectivity index (χ0n) is 37.0. The van der Waals surface area contributed by atoms with Gasteiger partial charge in [0.05, 0.1) is 33.5 Å². The number of hydrogen-bond donors (Lipinski definition) is 0. The summed E-state index contributed by atoms with van der Waals surface area (Å²) in [6.07, 6.45) is 0. The lowest BCUT2D eigenvalue weighted by molar-refractivity contribution is 0.748. The quantitative estimate of drug-likeness (QED) is 0.167. The zero-order chi connectivity index (χ0) is 44.8. The SMILES string of the molecule is c1ccc(-c2cc(-c3ccccc3)cc(-c3ccc4c(c3)-c3c(-c5cc(-c6ccccc6)nc(-c6ccccc6)n5)cccc3C43c4ccccc4-n4c5ccccc5c5cccc3c54)c2)cc1. The van der Waals surface area contributed by atoms with E-state index in [1.54, 1.807) is 0 Å². The highest BCUT2D eigenvalue weighted by Gasteiger charge is 2.51. The fourth-order valence-electron chi connectivity index (χ4n) is 11.5. The van der Waals surface area contributed by atoms with Crippen LogP contribution in [-0.4, -0.2) is 14.5 Å². The molecule has 12 aromatic rings. The van der Waals surface area contributed by atoms with Crippen LogP contribution in [0.5, 0.6) is 0 Å². The lowest BCUT2D eigenvalue weighted by atomic mass is 9.65. The van der Waals surface area contributed by atoms with E-state index in [1.807, 2.05) is 6.07 Å². The predicted molar refractivity (Wildman–Crippen MR) is 280 cm³/mol. The Balaban J connectivity index is 1.09. The smallest absolute Gasteiger partial charge is 0.160 e. The van der Waals surface area contributed by atoms with Gasteiger partial charge in [-0.1, -0.05) is 206 Å². The molecular formula is C65H41N3. The number of para-hydroxylation sites is 3. The van der Waals surface area contributed by atoms with Gasteiger partial charge in [-0.05, 0) is 109 Å². The van der Waals surface area contributed by atoms with Gasteiger partial charge in [0.15, 0.2) is 5.82 Å². The van der Waals surface area contributed by atoms with Gasteiger partial charge >= 0.3 is 0 Å². The Morgan fingerprint density at radius 3 is 1.57 bits per heavy atom. The van der Waals surface area contributed by atoms with Crippen LogP contribution < -0.4 is 0 Å². The molecule has 14 rings (SSSR count). The molecule has 1 unspecified atom stereocenters. The second-order valence-corrected chi connectivity index (χ2v) is 18.0. The van der Waals surface area contributed by atoms with Crippen molar-refractivity contribution in [3.05, 3.63) is 271 Å². The van der Waals surface area contributed by atoms with Gasteiger partial charge in [-0.3, -0.25) is 0 Å². The molecule has 3 heteroatoms. The molecule has 2 aliphatic rings. The first-order valence-corrected chi connectivity index (χ1v) is 23.4. The van der Waals surface area contributed by atoms with E-state index < -0.39 is 5.41 Å². The lowest BCUT2D eigenvalue weighted by Crippen LogP contribution is -2.33. The number of benzene rings is 10. The summed E-state index contributed by atoms with van der Waals surface area (Å²) in [6.45, 7) is 0. The average molecular weight is 864 g/mol. The number of nitrogens with zero attached hydrogens (tertiary/aromatic N) is 3. The number of rotatable bonds is 6. The maximum atomic E-state index is 5.49. The molecular weight excluding hydrogens is 823 g/mol. The van der Waals surface area contributed by atoms with Crippen LogP contribution in [0.2, 0.25) is 0 Å². The highest BCUT2D eigenvalue weighted by Crippen LogP contribution is 2.63. The Morgan fingerprint density at radius 2 is 0.853 bits per heavy atom. The van der Waals surface area contributed by atoms with Crippen LogP contribution in [0.3, 0.4) is 0 Å². The van der Waals surface area contributed by atoms with E-state index in [1.165, 1.54) is 88.7 Å². The van der Waals surface area contributed by atoms with Crippen LogP contribution in [0.25, 0.3) is 106 Å². The van der Waals surface area contributed by atoms with Gasteiger partial charge in [0, 0.05) is 27.5 Å². The molecule has 3 heterocycles. The molecule has 1 aliphatic heterocycles. The Hall–Kier alpha value is -8.92. The number of aromatic nitrogens is 3. The zero-order valence-corrected chi connectivity index (χ0v) is 37.0. The number of fused-ring (bicyclic) bond motifs is 12. The maximum absolute atomic E-state index is 5.49. The Kier molecular flexibility index (Phi) is 8.50. The summed E-state index contributed by atoms with van der Waals surface area (Å²) in [5.41, 5.74) is 22.4. The summed E-state index contributed by atoms with van der Waals surface area (Å²) in [5.74, 6) is 0.699. The standard InChI is InChI=1S/C65H41N3/c1-5-19-42(20-6-1)47-37-48(43-21-7-2-8-22-43)39-49(38-47)46-35-36-54-53(40-46)62-52(59-41-58(44-23-9-3-10-24-44)66-64(67-59)45-25-11-4-12-26-45)29-18-31-56(62)65(54)55-30-14-16-34-61(55)68-60-33-15-13-27-50(60)51-28-17-32-57(65)63(51)68/h1-41H. The van der Waals surface area contributed by atoms with Gasteiger partial charge in [0.1, 0.15) is 0 Å². The molecule has 3 nitrogen and oxygen atoms in total. The molecule has 1 spiro atoms. The van der Waals surface area contributed by atoms with Crippen molar-refractivity contribution >= 4 is 21.8 Å². The molecule has 1 atom stereocenters. The third-order valence-corrected chi connectivity index (χ3v) is 14.4. The fraction of sp³-hybridized carbons (Fsp3) is 0.0154. The predicted octanol–water partition coefficient (Wildman–Crippen LogP) is 16.3. The molecule has 1 aliphatic carbocycles. The van der Waals surface area contributed by atoms with Crippen molar-refractivity contribution < 1.29 is 0 Å². The molecule has 0 radical (unpaired) electrons. The van der Waals surface area contributed by atoms with Crippen LogP contribution in [0.4, 0.5) is 0 Å². The van der Waals surface area contributed by atoms with E-state index in [2.05, 4.69) is 247 Å². The highest BCUT2D eigenvalue weighted by molar-refractivity contribution is 6.13. The minimum Gasteiger partial charge on any atom is -0.309 e. The molecule has 2 aromatic heterocycles. The molecule has 68 heavy (non-hydrogen) atoms. The molecule has 0 fully saturated rings. The first-order valence-electron chi connectivity index (χ1n) is 23.4. The van der Waals surface area contributed by atoms with Crippen molar-refractivity contribution in [2.75, 3.05) is 0 Å². The summed E-state index contributed by atoms with van der Waals surface area (Å²) in [5, 5.41) is 2.52. The third kappa shape index (κ3) is 5.66. The summed E-state index contributed by atoms with van der Waals surface area (Å²) in [6, 6.07) is 90.7. The molecule has 0 N–H and O–H groups in total. The second-order valence-electron chi connectivity index (χ2n) is 18.0. The third-order valence-electron chi connectivity index (χ3n) is 14.4. The minimum atomic E-state index is -0.641. The van der Waals surface area contributed by atoms with Crippen molar-refractivity contribution in [1.29, 1.82) is 0 Å². The molecule has 0 amide bonds. The Labute approximate surface area is 395 Å². The van der Waals surface area contributed by atoms with E-state index in [0.717, 1.165) is 33.6 Å². The second kappa shape index (κ2) is 15.1. The summed E-state index contributed by atoms with van der Waals surface area (Å²) in [7, 11) is 0. The van der Waals surface area contributed by atoms with Gasteiger partial charge in [0.2, 0.25) is 0 Å². The largest absolute Gasteiger partial charge is 0.309 e. The number of hydrogen-bond acceptors (Lipinski definition) is 2. The van der Waals surface area contributed by atoms with Gasteiger partial charge in [-0.25, -0.2) is 9.97 Å². The van der Waals surface area contributed by atoms with Crippen molar-refractivity contribution in [1.82, 2.24) is 14.5 Å². The van der Waals surface area contributed by atoms with E-state index in [0.29, 0.717) is 5.82 Å². The summed E-state index contributed by atoms with van der Waals surface area (Å²) in [4.78, 5) is 10.7. The van der Waals surface area contributed by atoms with Crippen molar-refractivity contribution in [3.63, 3.8) is 0 Å². The first-order chi connectivity index (χ1) is 33.7. The lowest BCUT2D eigenvalue weighted by Gasteiger charge is -2.39. The van der Waals surface area contributed by atoms with Crippen LogP contribution in [-0.2, 0) is 5.41 Å². The molecule has 0 bridgehead atoms.